The molecule has 0 unspecified atom stereocenters. The molecule has 0 aliphatic carbocycles. The summed E-state index contributed by atoms with van der Waals surface area (Å²) in [6.45, 7) is 5.63. The van der Waals surface area contributed by atoms with Crippen molar-refractivity contribution < 1.29 is 24.2 Å². The lowest BCUT2D eigenvalue weighted by atomic mass is 9.95. The summed E-state index contributed by atoms with van der Waals surface area (Å²) in [5.41, 5.74) is 3.41. The number of para-hydroxylation sites is 1. The molecule has 0 bridgehead atoms. The summed E-state index contributed by atoms with van der Waals surface area (Å²) in [7, 11) is 3.82. The van der Waals surface area contributed by atoms with E-state index >= 15 is 0 Å². The first-order chi connectivity index (χ1) is 18.3. The summed E-state index contributed by atoms with van der Waals surface area (Å²) in [6, 6.07) is 21.6. The third-order valence-electron chi connectivity index (χ3n) is 6.55. The fourth-order valence-electron chi connectivity index (χ4n) is 4.41. The third-order valence-corrected chi connectivity index (χ3v) is 6.55. The second-order valence-electron chi connectivity index (χ2n) is 9.69. The maximum atomic E-state index is 13.1. The minimum Gasteiger partial charge on any atom is -0.507 e. The number of nitrogens with zero attached hydrogens (tertiary/aromatic N) is 2. The zero-order valence-electron chi connectivity index (χ0n) is 22.3. The van der Waals surface area contributed by atoms with Crippen LogP contribution >= 0.6 is 0 Å². The first-order valence-electron chi connectivity index (χ1n) is 12.7. The van der Waals surface area contributed by atoms with Gasteiger partial charge >= 0.3 is 0 Å². The average molecular weight is 515 g/mol. The number of carbonyl (C=O) groups excluding carboxylic acids is 2. The Kier molecular flexibility index (Phi) is 8.48. The van der Waals surface area contributed by atoms with Crippen molar-refractivity contribution in [2.45, 2.75) is 19.9 Å². The third kappa shape index (κ3) is 6.06. The maximum Gasteiger partial charge on any atom is 0.295 e. The van der Waals surface area contributed by atoms with E-state index in [9.17, 15) is 14.7 Å². The molecule has 38 heavy (non-hydrogen) atoms. The summed E-state index contributed by atoms with van der Waals surface area (Å²) in [4.78, 5) is 29.7. The van der Waals surface area contributed by atoms with Crippen LogP contribution in [0.5, 0.6) is 11.5 Å². The highest BCUT2D eigenvalue weighted by atomic mass is 16.5. The highest BCUT2D eigenvalue weighted by Crippen LogP contribution is 2.39. The number of rotatable bonds is 10. The number of ether oxygens (including phenoxy) is 2. The predicted molar refractivity (Wildman–Crippen MR) is 147 cm³/mol. The van der Waals surface area contributed by atoms with Crippen LogP contribution in [-0.4, -0.2) is 67.0 Å². The van der Waals surface area contributed by atoms with E-state index < -0.39 is 17.7 Å². The Hall–Kier alpha value is -4.10. The molecule has 198 valence electrons. The number of likely N-dealkylation sites (N-methyl/N-ethyl adjacent to an activating group) is 1. The van der Waals surface area contributed by atoms with E-state index in [0.29, 0.717) is 37.6 Å². The number of likely N-dealkylation sites (tertiary alicyclic amines) is 1. The van der Waals surface area contributed by atoms with Gasteiger partial charge in [-0.05, 0) is 57.3 Å². The molecule has 7 heteroatoms. The van der Waals surface area contributed by atoms with Crippen molar-refractivity contribution in [2.75, 3.05) is 40.4 Å². The lowest BCUT2D eigenvalue weighted by Crippen LogP contribution is -2.35. The molecule has 1 aliphatic rings. The van der Waals surface area contributed by atoms with Crippen molar-refractivity contribution in [2.24, 2.45) is 0 Å². The quantitative estimate of drug-likeness (QED) is 0.182. The topological polar surface area (TPSA) is 79.3 Å². The molecule has 1 heterocycles. The Morgan fingerprint density at radius 1 is 0.895 bits per heavy atom. The molecule has 3 aromatic rings. The van der Waals surface area contributed by atoms with E-state index in [-0.39, 0.29) is 11.3 Å². The number of amides is 1. The number of carbonyl (C=O) groups is 2. The van der Waals surface area contributed by atoms with Gasteiger partial charge in [-0.25, -0.2) is 0 Å². The van der Waals surface area contributed by atoms with E-state index in [0.717, 1.165) is 22.4 Å². The molecule has 0 radical (unpaired) electrons. The molecule has 0 spiro atoms. The van der Waals surface area contributed by atoms with Crippen molar-refractivity contribution >= 4 is 17.4 Å². The van der Waals surface area contributed by atoms with Crippen molar-refractivity contribution in [3.05, 3.63) is 101 Å². The number of hydrogen-bond donors (Lipinski definition) is 1. The molecule has 0 saturated carbocycles. The Bertz CT molecular complexity index is 1310. The van der Waals surface area contributed by atoms with E-state index in [1.807, 2.05) is 81.4 Å². The van der Waals surface area contributed by atoms with Gasteiger partial charge in [-0.15, -0.1) is 0 Å². The second-order valence-corrected chi connectivity index (χ2v) is 9.69. The van der Waals surface area contributed by atoms with Gasteiger partial charge in [-0.2, -0.15) is 0 Å². The molecular weight excluding hydrogens is 480 g/mol. The first-order valence-corrected chi connectivity index (χ1v) is 12.7. The molecule has 1 amide bonds. The van der Waals surface area contributed by atoms with Gasteiger partial charge in [0.05, 0.1) is 11.6 Å². The van der Waals surface area contributed by atoms with E-state index in [1.165, 1.54) is 4.90 Å². The molecule has 1 N–H and O–H groups in total. The van der Waals surface area contributed by atoms with E-state index in [2.05, 4.69) is 0 Å². The number of aliphatic hydroxyl groups is 1. The molecule has 7 nitrogen and oxygen atoms in total. The predicted octanol–water partition coefficient (Wildman–Crippen LogP) is 4.74. The Morgan fingerprint density at radius 3 is 2.21 bits per heavy atom. The van der Waals surface area contributed by atoms with Crippen LogP contribution in [0.15, 0.2) is 78.4 Å². The van der Waals surface area contributed by atoms with E-state index in [4.69, 9.17) is 9.47 Å². The van der Waals surface area contributed by atoms with Gasteiger partial charge in [0.2, 0.25) is 0 Å². The second kappa shape index (κ2) is 12.0. The van der Waals surface area contributed by atoms with Crippen LogP contribution in [0.1, 0.15) is 28.3 Å². The van der Waals surface area contributed by atoms with Crippen molar-refractivity contribution in [3.8, 4) is 11.5 Å². The number of ketones is 1. The number of Topliss-reactive ketones (excluding diaryl/α,β-unsaturated/α-hetero) is 1. The zero-order chi connectivity index (χ0) is 27.2. The molecular formula is C31H34N2O5. The van der Waals surface area contributed by atoms with Crippen molar-refractivity contribution in [1.29, 1.82) is 0 Å². The Labute approximate surface area is 223 Å². The zero-order valence-corrected chi connectivity index (χ0v) is 22.3. The summed E-state index contributed by atoms with van der Waals surface area (Å²) in [5.74, 6) is 0.00697. The van der Waals surface area contributed by atoms with Crippen LogP contribution in [0.25, 0.3) is 5.76 Å². The molecule has 1 aliphatic heterocycles. The minimum absolute atomic E-state index is 0.0953. The maximum absolute atomic E-state index is 13.1. The molecule has 1 atom stereocenters. The standard InChI is InChI=1S/C31H34N2O5/c1-21-9-11-24(12-10-21)29(34)27-28(33(18-17-32(3)4)31(36)30(27)35)23-13-15-25(16-14-23)37-19-20-38-26-8-6-5-7-22(26)2/h5-16,28,34H,17-20H2,1-4H3/b29-27+/t28-/m1/s1. The smallest absolute Gasteiger partial charge is 0.295 e. The molecule has 1 saturated heterocycles. The van der Waals surface area contributed by atoms with E-state index in [1.54, 1.807) is 24.3 Å². The highest BCUT2D eigenvalue weighted by Gasteiger charge is 2.45. The summed E-state index contributed by atoms with van der Waals surface area (Å²) >= 11 is 0. The van der Waals surface area contributed by atoms with Crippen LogP contribution in [0.3, 0.4) is 0 Å². The number of aryl methyl sites for hydroxylation is 2. The molecule has 1 fully saturated rings. The Balaban J connectivity index is 1.55. The van der Waals surface area contributed by atoms with Gasteiger partial charge in [0, 0.05) is 18.7 Å². The normalized spacial score (nSPS) is 16.8. The number of benzene rings is 3. The van der Waals surface area contributed by atoms with Crippen LogP contribution < -0.4 is 9.47 Å². The minimum atomic E-state index is -0.699. The number of hydrogen-bond acceptors (Lipinski definition) is 6. The van der Waals surface area contributed by atoms with Crippen molar-refractivity contribution in [1.82, 2.24) is 9.80 Å². The monoisotopic (exact) mass is 514 g/mol. The lowest BCUT2D eigenvalue weighted by Gasteiger charge is -2.26. The SMILES string of the molecule is Cc1ccc(/C(O)=C2\C(=O)C(=O)N(CCN(C)C)[C@@H]2c2ccc(OCCOc3ccccc3C)cc2)cc1. The van der Waals surface area contributed by atoms with Gasteiger partial charge in [-0.3, -0.25) is 9.59 Å². The van der Waals surface area contributed by atoms with Gasteiger partial charge in [0.1, 0.15) is 30.5 Å². The fraction of sp³-hybridized carbons (Fsp3) is 0.290. The van der Waals surface area contributed by atoms with Gasteiger partial charge in [0.25, 0.3) is 11.7 Å². The largest absolute Gasteiger partial charge is 0.507 e. The van der Waals surface area contributed by atoms with Crippen molar-refractivity contribution in [3.63, 3.8) is 0 Å². The first kappa shape index (κ1) is 26.9. The van der Waals surface area contributed by atoms with Gasteiger partial charge < -0.3 is 24.4 Å². The summed E-state index contributed by atoms with van der Waals surface area (Å²) in [5, 5.41) is 11.2. The van der Waals surface area contributed by atoms with Crippen LogP contribution in [0.2, 0.25) is 0 Å². The van der Waals surface area contributed by atoms with Crippen LogP contribution in [0.4, 0.5) is 0 Å². The highest BCUT2D eigenvalue weighted by molar-refractivity contribution is 6.46. The molecule has 3 aromatic carbocycles. The summed E-state index contributed by atoms with van der Waals surface area (Å²) < 4.78 is 11.6. The fourth-order valence-corrected chi connectivity index (χ4v) is 4.41. The lowest BCUT2D eigenvalue weighted by molar-refractivity contribution is -0.140. The summed E-state index contributed by atoms with van der Waals surface area (Å²) in [6.07, 6.45) is 0. The van der Waals surface area contributed by atoms with Gasteiger partial charge in [-0.1, -0.05) is 60.2 Å². The Morgan fingerprint density at radius 2 is 1.55 bits per heavy atom. The van der Waals surface area contributed by atoms with Crippen LogP contribution in [0, 0.1) is 13.8 Å². The average Bonchev–Trinajstić information content (AvgIpc) is 3.16. The number of aliphatic hydroxyl groups excluding tert-OH is 1. The molecule has 4 rings (SSSR count). The van der Waals surface area contributed by atoms with Gasteiger partial charge in [0.15, 0.2) is 0 Å². The van der Waals surface area contributed by atoms with Crippen LogP contribution in [-0.2, 0) is 9.59 Å². The molecule has 0 aromatic heterocycles.